The molecule has 0 N–H and O–H groups in total. The van der Waals surface area contributed by atoms with E-state index < -0.39 is 0 Å². The fourth-order valence-electron chi connectivity index (χ4n) is 4.69. The minimum atomic E-state index is 0.327. The van der Waals surface area contributed by atoms with Gasteiger partial charge in [0, 0.05) is 37.9 Å². The molecule has 1 atom stereocenters. The van der Waals surface area contributed by atoms with Gasteiger partial charge in [0.15, 0.2) is 5.82 Å². The summed E-state index contributed by atoms with van der Waals surface area (Å²) in [5.41, 5.74) is 2.81. The van der Waals surface area contributed by atoms with Crippen LogP contribution < -0.4 is 0 Å². The lowest BCUT2D eigenvalue weighted by molar-refractivity contribution is 0.227. The third-order valence-electron chi connectivity index (χ3n) is 5.93. The van der Waals surface area contributed by atoms with Crippen LogP contribution in [0.4, 0.5) is 0 Å². The molecule has 24 heavy (non-hydrogen) atoms. The largest absolute Gasteiger partial charge is 0.339 e. The molecular weight excluding hydrogens is 302 g/mol. The normalized spacial score (nSPS) is 23.5. The first-order chi connectivity index (χ1) is 11.6. The maximum absolute atomic E-state index is 5.57. The van der Waals surface area contributed by atoms with Crippen molar-refractivity contribution in [3.05, 3.63) is 29.2 Å². The molecule has 1 spiro atoms. The second-order valence-corrected chi connectivity index (χ2v) is 7.57. The number of rotatable bonds is 4. The highest BCUT2D eigenvalue weighted by molar-refractivity contribution is 5.18. The number of aryl methyl sites for hydroxylation is 3. The summed E-state index contributed by atoms with van der Waals surface area (Å²) in [6.07, 6.45) is 7.40. The van der Waals surface area contributed by atoms with Gasteiger partial charge < -0.3 is 4.52 Å². The Morgan fingerprint density at radius 3 is 2.71 bits per heavy atom. The molecule has 1 saturated carbocycles. The van der Waals surface area contributed by atoms with Crippen LogP contribution in [0, 0.1) is 19.3 Å². The highest BCUT2D eigenvalue weighted by Gasteiger charge is 2.50. The fourth-order valence-corrected chi connectivity index (χ4v) is 4.69. The van der Waals surface area contributed by atoms with Crippen molar-refractivity contribution in [2.75, 3.05) is 13.1 Å². The van der Waals surface area contributed by atoms with Crippen molar-refractivity contribution in [1.29, 1.82) is 0 Å². The van der Waals surface area contributed by atoms with Gasteiger partial charge in [-0.15, -0.1) is 0 Å². The lowest BCUT2D eigenvalue weighted by atomic mass is 9.76. The average Bonchev–Trinajstić information content (AvgIpc) is 3.31. The molecule has 0 aromatic carbocycles. The van der Waals surface area contributed by atoms with Gasteiger partial charge >= 0.3 is 0 Å². The van der Waals surface area contributed by atoms with Gasteiger partial charge in [0.25, 0.3) is 0 Å². The van der Waals surface area contributed by atoms with E-state index >= 15 is 0 Å². The number of nitrogens with zero attached hydrogens (tertiary/aromatic N) is 5. The molecule has 2 aliphatic rings. The van der Waals surface area contributed by atoms with Gasteiger partial charge in [-0.3, -0.25) is 9.58 Å². The number of aromatic nitrogens is 4. The molecule has 0 amide bonds. The Hall–Kier alpha value is -1.69. The summed E-state index contributed by atoms with van der Waals surface area (Å²) >= 11 is 0. The van der Waals surface area contributed by atoms with E-state index in [0.717, 1.165) is 43.6 Å². The molecule has 4 rings (SSSR count). The summed E-state index contributed by atoms with van der Waals surface area (Å²) in [6.45, 7) is 10.2. The van der Waals surface area contributed by atoms with Gasteiger partial charge in [0.05, 0.1) is 11.6 Å². The maximum atomic E-state index is 5.57. The zero-order valence-corrected chi connectivity index (χ0v) is 15.0. The summed E-state index contributed by atoms with van der Waals surface area (Å²) in [5, 5.41) is 8.63. The summed E-state index contributed by atoms with van der Waals surface area (Å²) in [7, 11) is 0. The highest BCUT2D eigenvalue weighted by Crippen LogP contribution is 2.53. The van der Waals surface area contributed by atoms with Crippen LogP contribution in [-0.2, 0) is 13.1 Å². The summed E-state index contributed by atoms with van der Waals surface area (Å²) in [6, 6.07) is 0. The van der Waals surface area contributed by atoms with Crippen molar-refractivity contribution < 1.29 is 4.52 Å². The van der Waals surface area contributed by atoms with Crippen LogP contribution in [0.3, 0.4) is 0 Å². The van der Waals surface area contributed by atoms with Crippen LogP contribution in [0.2, 0.25) is 0 Å². The van der Waals surface area contributed by atoms with Gasteiger partial charge in [-0.2, -0.15) is 10.1 Å². The molecule has 6 heteroatoms. The molecule has 3 heterocycles. The van der Waals surface area contributed by atoms with Gasteiger partial charge in [-0.25, -0.2) is 0 Å². The van der Waals surface area contributed by atoms with E-state index in [1.165, 1.54) is 31.2 Å². The van der Waals surface area contributed by atoms with E-state index in [1.807, 2.05) is 11.6 Å². The van der Waals surface area contributed by atoms with Crippen molar-refractivity contribution in [1.82, 2.24) is 24.8 Å². The molecule has 130 valence electrons. The molecule has 0 radical (unpaired) electrons. The van der Waals surface area contributed by atoms with Crippen LogP contribution in [0.15, 0.2) is 10.7 Å². The number of likely N-dealkylation sites (tertiary alicyclic amines) is 1. The summed E-state index contributed by atoms with van der Waals surface area (Å²) in [4.78, 5) is 7.14. The van der Waals surface area contributed by atoms with E-state index in [0.29, 0.717) is 11.3 Å². The average molecular weight is 329 g/mol. The van der Waals surface area contributed by atoms with Gasteiger partial charge in [0.2, 0.25) is 5.89 Å². The van der Waals surface area contributed by atoms with Crippen molar-refractivity contribution in [3.63, 3.8) is 0 Å². The van der Waals surface area contributed by atoms with Crippen molar-refractivity contribution in [2.45, 2.75) is 65.5 Å². The Balaban J connectivity index is 1.57. The first-order valence-corrected chi connectivity index (χ1v) is 9.15. The van der Waals surface area contributed by atoms with Crippen LogP contribution in [-0.4, -0.2) is 37.9 Å². The third-order valence-corrected chi connectivity index (χ3v) is 5.93. The molecule has 1 aliphatic heterocycles. The molecule has 1 aliphatic carbocycles. The van der Waals surface area contributed by atoms with Crippen LogP contribution in [0.1, 0.15) is 61.5 Å². The predicted molar refractivity (Wildman–Crippen MR) is 90.6 cm³/mol. The van der Waals surface area contributed by atoms with Gasteiger partial charge in [-0.05, 0) is 39.0 Å². The zero-order chi connectivity index (χ0) is 16.7. The van der Waals surface area contributed by atoms with Gasteiger partial charge in [-0.1, -0.05) is 18.0 Å². The Morgan fingerprint density at radius 2 is 2.08 bits per heavy atom. The van der Waals surface area contributed by atoms with Crippen LogP contribution in [0.5, 0.6) is 0 Å². The second-order valence-electron chi connectivity index (χ2n) is 7.57. The molecule has 1 unspecified atom stereocenters. The third kappa shape index (κ3) is 2.66. The van der Waals surface area contributed by atoms with Crippen molar-refractivity contribution in [2.24, 2.45) is 5.41 Å². The van der Waals surface area contributed by atoms with Gasteiger partial charge in [0.1, 0.15) is 0 Å². The molecule has 2 fully saturated rings. The quantitative estimate of drug-likeness (QED) is 0.863. The minimum Gasteiger partial charge on any atom is -0.339 e. The SMILES string of the molecule is CCn1cc(CN2CC(c3nc(C)no3)C3(CCCC3)C2)c(C)n1. The number of hydrogen-bond acceptors (Lipinski definition) is 5. The molecule has 0 bridgehead atoms. The molecule has 2 aromatic rings. The molecular formula is C18H27N5O. The lowest BCUT2D eigenvalue weighted by Gasteiger charge is -2.27. The monoisotopic (exact) mass is 329 g/mol. The smallest absolute Gasteiger partial charge is 0.231 e. The second kappa shape index (κ2) is 5.99. The minimum absolute atomic E-state index is 0.327. The van der Waals surface area contributed by atoms with Crippen LogP contribution >= 0.6 is 0 Å². The molecule has 6 nitrogen and oxygen atoms in total. The Bertz CT molecular complexity index is 713. The number of hydrogen-bond donors (Lipinski definition) is 0. The van der Waals surface area contributed by atoms with E-state index in [4.69, 9.17) is 4.52 Å². The predicted octanol–water partition coefficient (Wildman–Crippen LogP) is 3.06. The van der Waals surface area contributed by atoms with Crippen molar-refractivity contribution in [3.8, 4) is 0 Å². The van der Waals surface area contributed by atoms with E-state index in [-0.39, 0.29) is 0 Å². The van der Waals surface area contributed by atoms with E-state index in [9.17, 15) is 0 Å². The first kappa shape index (κ1) is 15.8. The Labute approximate surface area is 143 Å². The van der Waals surface area contributed by atoms with E-state index in [1.54, 1.807) is 0 Å². The Kier molecular flexibility index (Phi) is 3.95. The highest BCUT2D eigenvalue weighted by atomic mass is 16.5. The summed E-state index contributed by atoms with van der Waals surface area (Å²) < 4.78 is 7.61. The van der Waals surface area contributed by atoms with E-state index in [2.05, 4.69) is 40.2 Å². The van der Waals surface area contributed by atoms with Crippen LogP contribution in [0.25, 0.3) is 0 Å². The van der Waals surface area contributed by atoms with Crippen molar-refractivity contribution >= 4 is 0 Å². The molecule has 2 aromatic heterocycles. The first-order valence-electron chi connectivity index (χ1n) is 9.15. The summed E-state index contributed by atoms with van der Waals surface area (Å²) in [5.74, 6) is 1.97. The Morgan fingerprint density at radius 1 is 1.29 bits per heavy atom. The lowest BCUT2D eigenvalue weighted by Crippen LogP contribution is -2.26. The molecule has 1 saturated heterocycles. The maximum Gasteiger partial charge on any atom is 0.231 e. The zero-order valence-electron chi connectivity index (χ0n) is 15.0. The fraction of sp³-hybridized carbons (Fsp3) is 0.722. The topological polar surface area (TPSA) is 60.0 Å². The standard InChI is InChI=1S/C18H27N5O/c1-4-23-10-15(13(2)20-23)9-22-11-16(17-19-14(3)21-24-17)18(12-22)7-5-6-8-18/h10,16H,4-9,11-12H2,1-3H3.